The molecule has 22 heavy (non-hydrogen) atoms. The van der Waals surface area contributed by atoms with Crippen LogP contribution in [0.1, 0.15) is 25.0 Å². The predicted molar refractivity (Wildman–Crippen MR) is 85.3 cm³/mol. The molecular formula is C16H20N2O3S. The first kappa shape index (κ1) is 16.5. The SMILES string of the molecule is COc1ccc(S(=O)(=O)NC(C)(C)c2cccnc2)cc1C. The Bertz CT molecular complexity index is 756. The average Bonchev–Trinajstić information content (AvgIpc) is 2.47. The minimum atomic E-state index is -3.65. The lowest BCUT2D eigenvalue weighted by atomic mass is 9.98. The molecule has 0 radical (unpaired) electrons. The predicted octanol–water partition coefficient (Wildman–Crippen LogP) is 2.61. The number of nitrogens with one attached hydrogen (secondary N) is 1. The fourth-order valence-corrected chi connectivity index (χ4v) is 3.69. The maximum Gasteiger partial charge on any atom is 0.241 e. The van der Waals surface area contributed by atoms with E-state index >= 15 is 0 Å². The second kappa shape index (κ2) is 6.06. The van der Waals surface area contributed by atoms with Crippen molar-refractivity contribution >= 4 is 10.0 Å². The lowest BCUT2D eigenvalue weighted by Gasteiger charge is -2.26. The number of hydrogen-bond acceptors (Lipinski definition) is 4. The molecule has 5 nitrogen and oxygen atoms in total. The third kappa shape index (κ3) is 3.45. The smallest absolute Gasteiger partial charge is 0.241 e. The van der Waals surface area contributed by atoms with Crippen molar-refractivity contribution in [3.63, 3.8) is 0 Å². The summed E-state index contributed by atoms with van der Waals surface area (Å²) < 4.78 is 33.1. The lowest BCUT2D eigenvalue weighted by Crippen LogP contribution is -2.40. The fourth-order valence-electron chi connectivity index (χ4n) is 2.20. The first-order valence-electron chi connectivity index (χ1n) is 6.85. The highest BCUT2D eigenvalue weighted by molar-refractivity contribution is 7.89. The molecule has 2 aromatic rings. The van der Waals surface area contributed by atoms with Gasteiger partial charge in [0.2, 0.25) is 10.0 Å². The van der Waals surface area contributed by atoms with Gasteiger partial charge in [0.05, 0.1) is 17.5 Å². The zero-order chi connectivity index (χ0) is 16.4. The van der Waals surface area contributed by atoms with Gasteiger partial charge in [-0.1, -0.05) is 6.07 Å². The number of ether oxygens (including phenoxy) is 1. The first-order chi connectivity index (χ1) is 10.3. The van der Waals surface area contributed by atoms with Crippen LogP contribution in [-0.2, 0) is 15.6 Å². The summed E-state index contributed by atoms with van der Waals surface area (Å²) in [6.07, 6.45) is 3.31. The van der Waals surface area contributed by atoms with Crippen LogP contribution in [0.15, 0.2) is 47.6 Å². The minimum Gasteiger partial charge on any atom is -0.496 e. The van der Waals surface area contributed by atoms with Crippen LogP contribution in [0.3, 0.4) is 0 Å². The summed E-state index contributed by atoms with van der Waals surface area (Å²) in [5, 5.41) is 0. The van der Waals surface area contributed by atoms with E-state index < -0.39 is 15.6 Å². The number of benzene rings is 1. The molecule has 0 unspecified atom stereocenters. The van der Waals surface area contributed by atoms with Crippen molar-refractivity contribution in [2.45, 2.75) is 31.2 Å². The molecule has 6 heteroatoms. The average molecular weight is 320 g/mol. The van der Waals surface area contributed by atoms with Crippen molar-refractivity contribution < 1.29 is 13.2 Å². The molecule has 0 bridgehead atoms. The van der Waals surface area contributed by atoms with Crippen molar-refractivity contribution in [3.8, 4) is 5.75 Å². The molecule has 0 fully saturated rings. The molecule has 0 saturated heterocycles. The largest absolute Gasteiger partial charge is 0.496 e. The summed E-state index contributed by atoms with van der Waals surface area (Å²) in [4.78, 5) is 4.25. The first-order valence-corrected chi connectivity index (χ1v) is 8.34. The second-order valence-electron chi connectivity index (χ2n) is 5.60. The van der Waals surface area contributed by atoms with Crippen LogP contribution >= 0.6 is 0 Å². The van der Waals surface area contributed by atoms with E-state index in [2.05, 4.69) is 9.71 Å². The quantitative estimate of drug-likeness (QED) is 0.919. The summed E-state index contributed by atoms with van der Waals surface area (Å²) in [6, 6.07) is 8.41. The highest BCUT2D eigenvalue weighted by Gasteiger charge is 2.28. The molecule has 0 aliphatic heterocycles. The molecule has 0 saturated carbocycles. The number of rotatable bonds is 5. The van der Waals surface area contributed by atoms with Gasteiger partial charge in [0, 0.05) is 12.4 Å². The third-order valence-electron chi connectivity index (χ3n) is 3.45. The zero-order valence-electron chi connectivity index (χ0n) is 13.1. The standard InChI is InChI=1S/C16H20N2O3S/c1-12-10-14(7-8-15(12)21-4)22(19,20)18-16(2,3)13-6-5-9-17-11-13/h5-11,18H,1-4H3. The summed E-state index contributed by atoms with van der Waals surface area (Å²) in [5.74, 6) is 0.658. The van der Waals surface area contributed by atoms with Gasteiger partial charge in [-0.2, -0.15) is 0 Å². The van der Waals surface area contributed by atoms with Crippen molar-refractivity contribution in [2.24, 2.45) is 0 Å². The van der Waals surface area contributed by atoms with E-state index in [0.717, 1.165) is 11.1 Å². The number of aromatic nitrogens is 1. The molecule has 0 aliphatic rings. The highest BCUT2D eigenvalue weighted by Crippen LogP contribution is 2.25. The Labute approximate surface area is 131 Å². The number of aryl methyl sites for hydroxylation is 1. The van der Waals surface area contributed by atoms with E-state index in [1.54, 1.807) is 51.6 Å². The van der Waals surface area contributed by atoms with Crippen LogP contribution in [0.5, 0.6) is 5.75 Å². The molecule has 0 atom stereocenters. The molecule has 118 valence electrons. The maximum absolute atomic E-state index is 12.6. The van der Waals surface area contributed by atoms with Gasteiger partial charge in [0.25, 0.3) is 0 Å². The van der Waals surface area contributed by atoms with E-state index in [4.69, 9.17) is 4.74 Å². The van der Waals surface area contributed by atoms with E-state index in [0.29, 0.717) is 5.75 Å². The van der Waals surface area contributed by atoms with Gasteiger partial charge < -0.3 is 4.74 Å². The topological polar surface area (TPSA) is 68.3 Å². The number of sulfonamides is 1. The van der Waals surface area contributed by atoms with Crippen LogP contribution in [-0.4, -0.2) is 20.5 Å². The Hall–Kier alpha value is -1.92. The summed E-state index contributed by atoms with van der Waals surface area (Å²) in [5.41, 5.74) is 0.800. The molecule has 1 heterocycles. The Morgan fingerprint density at radius 1 is 1.23 bits per heavy atom. The van der Waals surface area contributed by atoms with Crippen molar-refractivity contribution in [3.05, 3.63) is 53.9 Å². The third-order valence-corrected chi connectivity index (χ3v) is 5.10. The minimum absolute atomic E-state index is 0.211. The monoisotopic (exact) mass is 320 g/mol. The van der Waals surface area contributed by atoms with E-state index in [1.165, 1.54) is 6.07 Å². The van der Waals surface area contributed by atoms with Crippen LogP contribution in [0.25, 0.3) is 0 Å². The van der Waals surface area contributed by atoms with Gasteiger partial charge >= 0.3 is 0 Å². The van der Waals surface area contributed by atoms with Crippen molar-refractivity contribution in [1.82, 2.24) is 9.71 Å². The van der Waals surface area contributed by atoms with E-state index in [9.17, 15) is 8.42 Å². The normalized spacial score (nSPS) is 12.2. The van der Waals surface area contributed by atoms with E-state index in [-0.39, 0.29) is 4.90 Å². The Kier molecular flexibility index (Phi) is 4.53. The fraction of sp³-hybridized carbons (Fsp3) is 0.312. The van der Waals surface area contributed by atoms with Gasteiger partial charge in [-0.25, -0.2) is 13.1 Å². The molecule has 1 aromatic carbocycles. The summed E-state index contributed by atoms with van der Waals surface area (Å²) in [6.45, 7) is 5.42. The van der Waals surface area contributed by atoms with Crippen LogP contribution in [0.2, 0.25) is 0 Å². The molecule has 1 N–H and O–H groups in total. The number of hydrogen-bond donors (Lipinski definition) is 1. The van der Waals surface area contributed by atoms with Crippen molar-refractivity contribution in [1.29, 1.82) is 0 Å². The van der Waals surface area contributed by atoms with E-state index in [1.807, 2.05) is 13.0 Å². The van der Waals surface area contributed by atoms with Gasteiger partial charge in [0.1, 0.15) is 5.75 Å². The van der Waals surface area contributed by atoms with Crippen LogP contribution < -0.4 is 9.46 Å². The zero-order valence-corrected chi connectivity index (χ0v) is 13.9. The van der Waals surface area contributed by atoms with Gasteiger partial charge in [-0.15, -0.1) is 0 Å². The molecule has 0 amide bonds. The van der Waals surface area contributed by atoms with Gasteiger partial charge in [-0.3, -0.25) is 4.98 Å². The summed E-state index contributed by atoms with van der Waals surface area (Å²) in [7, 11) is -2.09. The Morgan fingerprint density at radius 3 is 2.50 bits per heavy atom. The van der Waals surface area contributed by atoms with Gasteiger partial charge in [0.15, 0.2) is 0 Å². The Balaban J connectivity index is 2.33. The van der Waals surface area contributed by atoms with Crippen LogP contribution in [0.4, 0.5) is 0 Å². The second-order valence-corrected chi connectivity index (χ2v) is 7.29. The molecular weight excluding hydrogens is 300 g/mol. The molecule has 0 spiro atoms. The van der Waals surface area contributed by atoms with Crippen LogP contribution in [0, 0.1) is 6.92 Å². The highest BCUT2D eigenvalue weighted by atomic mass is 32.2. The molecule has 0 aliphatic carbocycles. The Morgan fingerprint density at radius 2 is 1.95 bits per heavy atom. The maximum atomic E-state index is 12.6. The number of methoxy groups -OCH3 is 1. The number of nitrogens with zero attached hydrogens (tertiary/aromatic N) is 1. The molecule has 2 rings (SSSR count). The number of pyridine rings is 1. The lowest BCUT2D eigenvalue weighted by molar-refractivity contribution is 0.411. The molecule has 1 aromatic heterocycles. The van der Waals surface area contributed by atoms with Crippen molar-refractivity contribution in [2.75, 3.05) is 7.11 Å². The van der Waals surface area contributed by atoms with Gasteiger partial charge in [-0.05, 0) is 56.2 Å². The summed E-state index contributed by atoms with van der Waals surface area (Å²) >= 11 is 0.